The van der Waals surface area contributed by atoms with E-state index >= 15 is 0 Å². The van der Waals surface area contributed by atoms with Gasteiger partial charge in [0.1, 0.15) is 17.6 Å². The minimum Gasteiger partial charge on any atom is -0.339 e. The van der Waals surface area contributed by atoms with Crippen molar-refractivity contribution < 1.29 is 9.59 Å². The highest BCUT2D eigenvalue weighted by atomic mass is 16.2. The zero-order chi connectivity index (χ0) is 23.5. The third-order valence-corrected chi connectivity index (χ3v) is 6.44. The molecule has 4 rings (SSSR count). The molecule has 0 spiro atoms. The second-order valence-corrected chi connectivity index (χ2v) is 8.88. The lowest BCUT2D eigenvalue weighted by molar-refractivity contribution is -0.119. The number of carbonyl (C=O) groups is 2. The minimum absolute atomic E-state index is 0.0702. The van der Waals surface area contributed by atoms with Crippen LogP contribution in [0.3, 0.4) is 0 Å². The van der Waals surface area contributed by atoms with Crippen LogP contribution >= 0.6 is 0 Å². The van der Waals surface area contributed by atoms with E-state index in [9.17, 15) is 9.59 Å². The molecule has 174 valence electrons. The summed E-state index contributed by atoms with van der Waals surface area (Å²) in [4.78, 5) is 30.6. The van der Waals surface area contributed by atoms with Gasteiger partial charge in [-0.05, 0) is 49.8 Å². The third-order valence-electron chi connectivity index (χ3n) is 6.44. The molecule has 10 nitrogen and oxygen atoms in total. The SMILES string of the molecule is Cc1nnn(C)c1-c1ccc(NC(=O)[C@@H](NC(=O)c2ccnn2C)C2CCC(C)CC2)nc1. The van der Waals surface area contributed by atoms with Crippen molar-refractivity contribution in [3.8, 4) is 11.3 Å². The lowest BCUT2D eigenvalue weighted by atomic mass is 9.79. The van der Waals surface area contributed by atoms with Crippen molar-refractivity contribution in [3.05, 3.63) is 42.0 Å². The van der Waals surface area contributed by atoms with Gasteiger partial charge in [-0.2, -0.15) is 5.10 Å². The molecule has 0 unspecified atom stereocenters. The Morgan fingerprint density at radius 3 is 2.42 bits per heavy atom. The Labute approximate surface area is 192 Å². The summed E-state index contributed by atoms with van der Waals surface area (Å²) < 4.78 is 3.20. The van der Waals surface area contributed by atoms with Crippen LogP contribution in [-0.2, 0) is 18.9 Å². The van der Waals surface area contributed by atoms with Crippen LogP contribution in [0.2, 0.25) is 0 Å². The summed E-state index contributed by atoms with van der Waals surface area (Å²) in [6, 6.07) is 4.62. The van der Waals surface area contributed by atoms with E-state index in [4.69, 9.17) is 0 Å². The normalized spacial score (nSPS) is 19.2. The molecule has 2 amide bonds. The number of rotatable bonds is 6. The Hall–Kier alpha value is -3.56. The van der Waals surface area contributed by atoms with Crippen molar-refractivity contribution in [2.45, 2.75) is 45.6 Å². The summed E-state index contributed by atoms with van der Waals surface area (Å²) in [6.07, 6.45) is 7.13. The van der Waals surface area contributed by atoms with Crippen molar-refractivity contribution in [3.63, 3.8) is 0 Å². The van der Waals surface area contributed by atoms with E-state index < -0.39 is 6.04 Å². The molecule has 0 aromatic carbocycles. The van der Waals surface area contributed by atoms with E-state index in [1.54, 1.807) is 36.3 Å². The second-order valence-electron chi connectivity index (χ2n) is 8.88. The lowest BCUT2D eigenvalue weighted by Gasteiger charge is -2.32. The molecule has 0 saturated heterocycles. The van der Waals surface area contributed by atoms with Crippen molar-refractivity contribution in [1.29, 1.82) is 0 Å². The number of hydrogen-bond acceptors (Lipinski definition) is 6. The van der Waals surface area contributed by atoms with Crippen LogP contribution in [0.4, 0.5) is 5.82 Å². The van der Waals surface area contributed by atoms with Crippen molar-refractivity contribution in [2.24, 2.45) is 25.9 Å². The summed E-state index contributed by atoms with van der Waals surface area (Å²) in [5, 5.41) is 18.0. The molecule has 1 aliphatic rings. The molecule has 1 aliphatic carbocycles. The highest BCUT2D eigenvalue weighted by Gasteiger charge is 2.33. The third kappa shape index (κ3) is 4.94. The predicted octanol–water partition coefficient (Wildman–Crippen LogP) is 2.48. The number of pyridine rings is 1. The average molecular weight is 451 g/mol. The van der Waals surface area contributed by atoms with Gasteiger partial charge in [0.05, 0.1) is 11.4 Å². The maximum absolute atomic E-state index is 13.3. The van der Waals surface area contributed by atoms with Crippen LogP contribution < -0.4 is 10.6 Å². The van der Waals surface area contributed by atoms with Crippen LogP contribution in [0.15, 0.2) is 30.6 Å². The fourth-order valence-electron chi connectivity index (χ4n) is 4.50. The summed E-state index contributed by atoms with van der Waals surface area (Å²) in [5.41, 5.74) is 2.96. The molecule has 0 aliphatic heterocycles. The topological polar surface area (TPSA) is 120 Å². The Bertz CT molecular complexity index is 1110. The average Bonchev–Trinajstić information content (AvgIpc) is 3.38. The first-order valence-corrected chi connectivity index (χ1v) is 11.3. The molecule has 3 aromatic rings. The first-order chi connectivity index (χ1) is 15.8. The maximum atomic E-state index is 13.3. The molecule has 0 bridgehead atoms. The van der Waals surface area contributed by atoms with Gasteiger partial charge in [0.2, 0.25) is 5.91 Å². The maximum Gasteiger partial charge on any atom is 0.270 e. The molecule has 3 heterocycles. The Balaban J connectivity index is 1.51. The highest BCUT2D eigenvalue weighted by Crippen LogP contribution is 2.31. The van der Waals surface area contributed by atoms with Gasteiger partial charge in [-0.3, -0.25) is 14.3 Å². The van der Waals surface area contributed by atoms with E-state index in [1.807, 2.05) is 20.0 Å². The summed E-state index contributed by atoms with van der Waals surface area (Å²) >= 11 is 0. The summed E-state index contributed by atoms with van der Waals surface area (Å²) in [6.45, 7) is 4.11. The van der Waals surface area contributed by atoms with Gasteiger partial charge < -0.3 is 10.6 Å². The molecule has 0 radical (unpaired) electrons. The molecule has 10 heteroatoms. The van der Waals surface area contributed by atoms with Gasteiger partial charge in [0.25, 0.3) is 5.91 Å². The number of nitrogens with zero attached hydrogens (tertiary/aromatic N) is 6. The van der Waals surface area contributed by atoms with E-state index in [0.29, 0.717) is 17.4 Å². The van der Waals surface area contributed by atoms with Crippen LogP contribution in [0.5, 0.6) is 0 Å². The quantitative estimate of drug-likeness (QED) is 0.595. The summed E-state index contributed by atoms with van der Waals surface area (Å²) in [5.74, 6) is 0.568. The van der Waals surface area contributed by atoms with Gasteiger partial charge in [-0.25, -0.2) is 9.67 Å². The van der Waals surface area contributed by atoms with Crippen LogP contribution in [0, 0.1) is 18.8 Å². The fourth-order valence-corrected chi connectivity index (χ4v) is 4.50. The Morgan fingerprint density at radius 2 is 1.85 bits per heavy atom. The molecular formula is C23H30N8O2. The largest absolute Gasteiger partial charge is 0.339 e. The molecular weight excluding hydrogens is 420 g/mol. The molecule has 1 saturated carbocycles. The zero-order valence-electron chi connectivity index (χ0n) is 19.4. The number of amides is 2. The smallest absolute Gasteiger partial charge is 0.270 e. The van der Waals surface area contributed by atoms with E-state index in [-0.39, 0.29) is 17.7 Å². The molecule has 1 fully saturated rings. The van der Waals surface area contributed by atoms with Gasteiger partial charge in [0.15, 0.2) is 0 Å². The Kier molecular flexibility index (Phi) is 6.52. The summed E-state index contributed by atoms with van der Waals surface area (Å²) in [7, 11) is 3.53. The Morgan fingerprint density at radius 1 is 1.09 bits per heavy atom. The number of hydrogen-bond donors (Lipinski definition) is 2. The first kappa shape index (κ1) is 22.6. The predicted molar refractivity (Wildman–Crippen MR) is 123 cm³/mol. The zero-order valence-corrected chi connectivity index (χ0v) is 19.4. The van der Waals surface area contributed by atoms with Crippen LogP contribution in [-0.4, -0.2) is 47.6 Å². The fraction of sp³-hybridized carbons (Fsp3) is 0.478. The second kappa shape index (κ2) is 9.51. The van der Waals surface area contributed by atoms with Gasteiger partial charge >= 0.3 is 0 Å². The number of anilines is 1. The first-order valence-electron chi connectivity index (χ1n) is 11.3. The van der Waals surface area contributed by atoms with Gasteiger partial charge in [0, 0.05) is 32.1 Å². The number of aryl methyl sites for hydroxylation is 3. The van der Waals surface area contributed by atoms with Gasteiger partial charge in [-0.1, -0.05) is 25.0 Å². The number of nitrogens with one attached hydrogen (secondary N) is 2. The lowest BCUT2D eigenvalue weighted by Crippen LogP contribution is -2.49. The van der Waals surface area contributed by atoms with Crippen molar-refractivity contribution >= 4 is 17.6 Å². The molecule has 2 N–H and O–H groups in total. The van der Waals surface area contributed by atoms with E-state index in [1.165, 1.54) is 4.68 Å². The van der Waals surface area contributed by atoms with Crippen molar-refractivity contribution in [2.75, 3.05) is 5.32 Å². The standard InChI is InChI=1S/C23H30N8O2/c1-14-5-7-16(8-6-14)20(27-22(32)18-11-12-25-30(18)3)23(33)26-19-10-9-17(13-24-19)21-15(2)28-29-31(21)4/h9-14,16,20H,5-8H2,1-4H3,(H,27,32)(H,24,26,33)/t14?,16?,20-/m0/s1. The van der Waals surface area contributed by atoms with Crippen LogP contribution in [0.1, 0.15) is 48.8 Å². The van der Waals surface area contributed by atoms with Crippen molar-refractivity contribution in [1.82, 2.24) is 35.1 Å². The molecule has 3 aromatic heterocycles. The monoisotopic (exact) mass is 450 g/mol. The van der Waals surface area contributed by atoms with Gasteiger partial charge in [-0.15, -0.1) is 5.10 Å². The van der Waals surface area contributed by atoms with Crippen LogP contribution in [0.25, 0.3) is 11.3 Å². The minimum atomic E-state index is -0.648. The highest BCUT2D eigenvalue weighted by molar-refractivity contribution is 6.00. The molecule has 1 atom stereocenters. The number of aromatic nitrogens is 6. The number of carbonyl (C=O) groups excluding carboxylic acids is 2. The van der Waals surface area contributed by atoms with E-state index in [0.717, 1.165) is 42.6 Å². The molecule has 33 heavy (non-hydrogen) atoms. The van der Waals surface area contributed by atoms with E-state index in [2.05, 4.69) is 38.0 Å².